The molecule has 0 unspecified atom stereocenters. The molecule has 17 heavy (non-hydrogen) atoms. The van der Waals surface area contributed by atoms with E-state index < -0.39 is 0 Å². The Kier molecular flexibility index (Phi) is 3.54. The molecule has 0 fully saturated rings. The molecule has 2 rings (SSSR count). The van der Waals surface area contributed by atoms with Crippen molar-refractivity contribution in [1.82, 2.24) is 9.97 Å². The Labute approximate surface area is 105 Å². The Balaban J connectivity index is 2.52. The van der Waals surface area contributed by atoms with Crippen LogP contribution in [0.3, 0.4) is 0 Å². The number of rotatable bonds is 3. The van der Waals surface area contributed by atoms with E-state index in [2.05, 4.69) is 41.2 Å². The maximum Gasteiger partial charge on any atom is 0.179 e. The van der Waals surface area contributed by atoms with Gasteiger partial charge in [-0.05, 0) is 12.0 Å². The molecule has 0 aliphatic carbocycles. The Morgan fingerprint density at radius 1 is 1.29 bits per heavy atom. The Morgan fingerprint density at radius 2 is 2.00 bits per heavy atom. The van der Waals surface area contributed by atoms with Crippen LogP contribution in [-0.4, -0.2) is 17.1 Å². The third-order valence-electron chi connectivity index (χ3n) is 2.67. The van der Waals surface area contributed by atoms with Gasteiger partial charge in [-0.1, -0.05) is 43.4 Å². The van der Waals surface area contributed by atoms with E-state index in [1.54, 1.807) is 13.4 Å². The van der Waals surface area contributed by atoms with E-state index in [0.717, 1.165) is 17.7 Å². The van der Waals surface area contributed by atoms with E-state index in [1.807, 2.05) is 0 Å². The van der Waals surface area contributed by atoms with Gasteiger partial charge < -0.3 is 9.72 Å². The molecule has 3 nitrogen and oxygen atoms in total. The number of aromatic amines is 1. The monoisotopic (exact) mass is 246 g/mol. The summed E-state index contributed by atoms with van der Waals surface area (Å²) < 4.78 is 5.76. The summed E-state index contributed by atoms with van der Waals surface area (Å²) in [6, 6.07) is 8.32. The van der Waals surface area contributed by atoms with Crippen LogP contribution in [0.25, 0.3) is 11.3 Å². The van der Waals surface area contributed by atoms with Gasteiger partial charge >= 0.3 is 0 Å². The van der Waals surface area contributed by atoms with Gasteiger partial charge in [0, 0.05) is 5.56 Å². The van der Waals surface area contributed by atoms with Crippen LogP contribution >= 0.6 is 12.2 Å². The van der Waals surface area contributed by atoms with Gasteiger partial charge in [-0.2, -0.15) is 0 Å². The predicted molar refractivity (Wildman–Crippen MR) is 70.8 cm³/mol. The second-order valence-electron chi connectivity index (χ2n) is 3.67. The molecular formula is C13H14N2OS. The van der Waals surface area contributed by atoms with E-state index in [0.29, 0.717) is 10.4 Å². The summed E-state index contributed by atoms with van der Waals surface area (Å²) in [4.78, 5) is 7.08. The Morgan fingerprint density at radius 3 is 2.59 bits per heavy atom. The van der Waals surface area contributed by atoms with Gasteiger partial charge in [-0.15, -0.1) is 0 Å². The first-order valence-electron chi connectivity index (χ1n) is 5.47. The fraction of sp³-hybridized carbons (Fsp3) is 0.231. The maximum atomic E-state index is 5.29. The van der Waals surface area contributed by atoms with Crippen molar-refractivity contribution in [3.8, 4) is 17.0 Å². The molecule has 1 heterocycles. The molecule has 0 bridgehead atoms. The third kappa shape index (κ3) is 2.36. The molecule has 0 radical (unpaired) electrons. The number of nitrogens with zero attached hydrogens (tertiary/aromatic N) is 1. The lowest BCUT2D eigenvalue weighted by atomic mass is 10.1. The van der Waals surface area contributed by atoms with Gasteiger partial charge in [0.25, 0.3) is 0 Å². The van der Waals surface area contributed by atoms with E-state index in [1.165, 1.54) is 5.56 Å². The van der Waals surface area contributed by atoms with E-state index in [-0.39, 0.29) is 0 Å². The quantitative estimate of drug-likeness (QED) is 0.844. The minimum absolute atomic E-state index is 0.473. The van der Waals surface area contributed by atoms with Gasteiger partial charge in [-0.25, -0.2) is 4.98 Å². The van der Waals surface area contributed by atoms with Crippen LogP contribution in [0.2, 0.25) is 0 Å². The lowest BCUT2D eigenvalue weighted by Crippen LogP contribution is -1.94. The zero-order valence-corrected chi connectivity index (χ0v) is 10.7. The van der Waals surface area contributed by atoms with E-state index >= 15 is 0 Å². The highest BCUT2D eigenvalue weighted by Crippen LogP contribution is 2.27. The fourth-order valence-electron chi connectivity index (χ4n) is 1.70. The van der Waals surface area contributed by atoms with Crippen molar-refractivity contribution in [2.24, 2.45) is 0 Å². The second-order valence-corrected chi connectivity index (χ2v) is 4.05. The molecule has 0 atom stereocenters. The van der Waals surface area contributed by atoms with Crippen molar-refractivity contribution in [2.45, 2.75) is 13.3 Å². The molecule has 0 aliphatic heterocycles. The number of benzene rings is 1. The van der Waals surface area contributed by atoms with Crippen LogP contribution < -0.4 is 4.74 Å². The highest BCUT2D eigenvalue weighted by atomic mass is 32.1. The molecule has 2 aromatic rings. The standard InChI is InChI=1S/C13H14N2OS/c1-3-9-4-6-10(7-5-9)11-12(16-2)13(17)15-8-14-11/h4-8H,3H2,1-2H3,(H,14,15,17). The molecule has 1 N–H and O–H groups in total. The summed E-state index contributed by atoms with van der Waals surface area (Å²) in [6.45, 7) is 2.13. The SMILES string of the molecule is CCc1ccc(-c2[nH]cnc(=S)c2OC)cc1. The van der Waals surface area contributed by atoms with Crippen LogP contribution in [0.4, 0.5) is 0 Å². The zero-order valence-electron chi connectivity index (χ0n) is 9.86. The number of aryl methyl sites for hydroxylation is 1. The van der Waals surface area contributed by atoms with E-state index in [9.17, 15) is 0 Å². The van der Waals surface area contributed by atoms with Crippen LogP contribution in [0, 0.1) is 4.64 Å². The Bertz CT molecular complexity index is 560. The lowest BCUT2D eigenvalue weighted by molar-refractivity contribution is 0.411. The van der Waals surface area contributed by atoms with Crippen molar-refractivity contribution in [1.29, 1.82) is 0 Å². The summed E-state index contributed by atoms with van der Waals surface area (Å²) in [5.74, 6) is 0.617. The maximum absolute atomic E-state index is 5.29. The summed E-state index contributed by atoms with van der Waals surface area (Å²) in [5.41, 5.74) is 3.23. The average molecular weight is 246 g/mol. The van der Waals surface area contributed by atoms with Crippen LogP contribution in [-0.2, 0) is 6.42 Å². The lowest BCUT2D eigenvalue weighted by Gasteiger charge is -2.08. The number of methoxy groups -OCH3 is 1. The van der Waals surface area contributed by atoms with Crippen molar-refractivity contribution < 1.29 is 4.74 Å². The van der Waals surface area contributed by atoms with Crippen molar-refractivity contribution in [2.75, 3.05) is 7.11 Å². The van der Waals surface area contributed by atoms with Gasteiger partial charge in [-0.3, -0.25) is 0 Å². The molecule has 0 saturated heterocycles. The number of ether oxygens (including phenoxy) is 1. The number of hydrogen-bond donors (Lipinski definition) is 1. The molecule has 4 heteroatoms. The second kappa shape index (κ2) is 5.10. The topological polar surface area (TPSA) is 37.9 Å². The van der Waals surface area contributed by atoms with Crippen LogP contribution in [0.1, 0.15) is 12.5 Å². The summed E-state index contributed by atoms with van der Waals surface area (Å²) in [7, 11) is 1.60. The van der Waals surface area contributed by atoms with Crippen LogP contribution in [0.5, 0.6) is 5.75 Å². The molecule has 1 aromatic carbocycles. The number of H-pyrrole nitrogens is 1. The van der Waals surface area contributed by atoms with Crippen molar-refractivity contribution >= 4 is 12.2 Å². The molecular weight excluding hydrogens is 232 g/mol. The average Bonchev–Trinajstić information content (AvgIpc) is 2.38. The largest absolute Gasteiger partial charge is 0.491 e. The highest BCUT2D eigenvalue weighted by molar-refractivity contribution is 7.71. The minimum Gasteiger partial charge on any atom is -0.491 e. The molecule has 0 aliphatic rings. The Hall–Kier alpha value is -1.68. The molecule has 0 amide bonds. The number of aromatic nitrogens is 2. The normalized spacial score (nSPS) is 10.2. The van der Waals surface area contributed by atoms with Gasteiger partial charge in [0.1, 0.15) is 0 Å². The van der Waals surface area contributed by atoms with Crippen LogP contribution in [0.15, 0.2) is 30.6 Å². The molecule has 88 valence electrons. The smallest absolute Gasteiger partial charge is 0.179 e. The first kappa shape index (κ1) is 11.8. The molecule has 0 spiro atoms. The van der Waals surface area contributed by atoms with Gasteiger partial charge in [0.2, 0.25) is 0 Å². The highest BCUT2D eigenvalue weighted by Gasteiger charge is 2.07. The number of hydrogen-bond acceptors (Lipinski definition) is 3. The van der Waals surface area contributed by atoms with Crippen molar-refractivity contribution in [3.63, 3.8) is 0 Å². The van der Waals surface area contributed by atoms with Gasteiger partial charge in [0.05, 0.1) is 19.1 Å². The van der Waals surface area contributed by atoms with Gasteiger partial charge in [0.15, 0.2) is 10.4 Å². The first-order chi connectivity index (χ1) is 8.26. The predicted octanol–water partition coefficient (Wildman–Crippen LogP) is 3.38. The van der Waals surface area contributed by atoms with Crippen molar-refractivity contribution in [3.05, 3.63) is 40.8 Å². The summed E-state index contributed by atoms with van der Waals surface area (Å²) >= 11 is 5.13. The summed E-state index contributed by atoms with van der Waals surface area (Å²) in [6.07, 6.45) is 2.62. The minimum atomic E-state index is 0.473. The fourth-order valence-corrected chi connectivity index (χ4v) is 1.94. The zero-order chi connectivity index (χ0) is 12.3. The first-order valence-corrected chi connectivity index (χ1v) is 5.88. The summed E-state index contributed by atoms with van der Waals surface area (Å²) in [5, 5.41) is 0. The van der Waals surface area contributed by atoms with E-state index in [4.69, 9.17) is 17.0 Å². The molecule has 1 aromatic heterocycles. The number of nitrogens with one attached hydrogen (secondary N) is 1. The third-order valence-corrected chi connectivity index (χ3v) is 2.96. The molecule has 0 saturated carbocycles.